The third-order valence-electron chi connectivity index (χ3n) is 2.57. The summed E-state index contributed by atoms with van der Waals surface area (Å²) in [7, 11) is 0. The summed E-state index contributed by atoms with van der Waals surface area (Å²) < 4.78 is 32.0. The summed E-state index contributed by atoms with van der Waals surface area (Å²) in [5.74, 6) is -0.619. The second kappa shape index (κ2) is 5.14. The van der Waals surface area contributed by atoms with Gasteiger partial charge in [-0.2, -0.15) is 0 Å². The molecule has 2 aromatic carbocycles. The minimum absolute atomic E-state index is 0.0327. The second-order valence-corrected chi connectivity index (χ2v) is 3.90. The van der Waals surface area contributed by atoms with Gasteiger partial charge in [-0.25, -0.2) is 8.78 Å². The highest BCUT2D eigenvalue weighted by atomic mass is 19.1. The number of para-hydroxylation sites is 1. The fraction of sp³-hybridized carbons (Fsp3) is 0.143. The Balaban J connectivity index is 2.39. The molecule has 0 aromatic heterocycles. The molecule has 18 heavy (non-hydrogen) atoms. The molecule has 0 aliphatic carbocycles. The number of hydrogen-bond donors (Lipinski definition) is 1. The summed E-state index contributed by atoms with van der Waals surface area (Å²) in [6, 6.07) is 8.27. The lowest BCUT2D eigenvalue weighted by Crippen LogP contribution is -1.96. The van der Waals surface area contributed by atoms with Crippen LogP contribution in [-0.4, -0.2) is 5.11 Å². The van der Waals surface area contributed by atoms with Crippen LogP contribution in [0.4, 0.5) is 8.78 Å². The molecule has 0 saturated heterocycles. The van der Waals surface area contributed by atoms with E-state index in [1.807, 2.05) is 0 Å². The highest BCUT2D eigenvalue weighted by molar-refractivity contribution is 5.41. The average Bonchev–Trinajstić information content (AvgIpc) is 2.34. The molecule has 0 bridgehead atoms. The first-order valence-corrected chi connectivity index (χ1v) is 5.44. The van der Waals surface area contributed by atoms with Crippen molar-refractivity contribution in [1.29, 1.82) is 0 Å². The van der Waals surface area contributed by atoms with Gasteiger partial charge >= 0.3 is 0 Å². The summed E-state index contributed by atoms with van der Waals surface area (Å²) in [4.78, 5) is 0. The first-order chi connectivity index (χ1) is 8.61. The van der Waals surface area contributed by atoms with Crippen molar-refractivity contribution in [2.45, 2.75) is 13.5 Å². The van der Waals surface area contributed by atoms with Crippen molar-refractivity contribution in [3.05, 3.63) is 59.2 Å². The monoisotopic (exact) mass is 250 g/mol. The smallest absolute Gasteiger partial charge is 0.168 e. The molecule has 1 N–H and O–H groups in total. The van der Waals surface area contributed by atoms with Gasteiger partial charge in [0.25, 0.3) is 0 Å². The first-order valence-electron chi connectivity index (χ1n) is 5.44. The molecule has 2 aromatic rings. The van der Waals surface area contributed by atoms with E-state index in [9.17, 15) is 8.78 Å². The predicted octanol–water partition coefficient (Wildman–Crippen LogP) is 3.56. The van der Waals surface area contributed by atoms with Crippen LogP contribution in [0.25, 0.3) is 0 Å². The van der Waals surface area contributed by atoms with Gasteiger partial charge in [0.15, 0.2) is 11.6 Å². The Bertz CT molecular complexity index is 568. The molecule has 4 heteroatoms. The van der Waals surface area contributed by atoms with E-state index in [2.05, 4.69) is 0 Å². The van der Waals surface area contributed by atoms with Crippen molar-refractivity contribution < 1.29 is 18.6 Å². The molecule has 0 aliphatic heterocycles. The number of hydrogen-bond acceptors (Lipinski definition) is 2. The quantitative estimate of drug-likeness (QED) is 0.902. The van der Waals surface area contributed by atoms with Crippen LogP contribution < -0.4 is 4.74 Å². The standard InChI is InChI=1S/C14H12F2O2/c1-9-7-11(15)5-6-13(9)18-14-10(8-17)3-2-4-12(14)16/h2-7,17H,8H2,1H3. The number of ether oxygens (including phenoxy) is 1. The fourth-order valence-electron chi connectivity index (χ4n) is 1.63. The van der Waals surface area contributed by atoms with E-state index in [1.165, 1.54) is 30.3 Å². The Hall–Kier alpha value is -1.94. The lowest BCUT2D eigenvalue weighted by molar-refractivity contribution is 0.274. The second-order valence-electron chi connectivity index (χ2n) is 3.90. The van der Waals surface area contributed by atoms with Crippen LogP contribution in [0.1, 0.15) is 11.1 Å². The van der Waals surface area contributed by atoms with Gasteiger partial charge in [-0.1, -0.05) is 12.1 Å². The van der Waals surface area contributed by atoms with E-state index < -0.39 is 5.82 Å². The Morgan fingerprint density at radius 2 is 1.94 bits per heavy atom. The van der Waals surface area contributed by atoms with Crippen LogP contribution in [0.3, 0.4) is 0 Å². The molecule has 0 atom stereocenters. The zero-order valence-electron chi connectivity index (χ0n) is 9.78. The highest BCUT2D eigenvalue weighted by Gasteiger charge is 2.11. The van der Waals surface area contributed by atoms with Crippen molar-refractivity contribution >= 4 is 0 Å². The molecular formula is C14H12F2O2. The topological polar surface area (TPSA) is 29.5 Å². The van der Waals surface area contributed by atoms with Crippen LogP contribution >= 0.6 is 0 Å². The fourth-order valence-corrected chi connectivity index (χ4v) is 1.63. The summed E-state index contributed by atoms with van der Waals surface area (Å²) in [5, 5.41) is 9.13. The molecule has 0 spiro atoms. The van der Waals surface area contributed by atoms with Crippen molar-refractivity contribution in [3.8, 4) is 11.5 Å². The molecule has 94 valence electrons. The molecule has 0 heterocycles. The van der Waals surface area contributed by atoms with Crippen LogP contribution in [-0.2, 0) is 6.61 Å². The molecule has 0 fully saturated rings. The minimum Gasteiger partial charge on any atom is -0.454 e. The maximum absolute atomic E-state index is 13.6. The number of rotatable bonds is 3. The maximum Gasteiger partial charge on any atom is 0.168 e. The van der Waals surface area contributed by atoms with Gasteiger partial charge in [0.2, 0.25) is 0 Å². The minimum atomic E-state index is -0.565. The van der Waals surface area contributed by atoms with Gasteiger partial charge in [0.05, 0.1) is 6.61 Å². The lowest BCUT2D eigenvalue weighted by Gasteiger charge is -2.12. The van der Waals surface area contributed by atoms with E-state index in [-0.39, 0.29) is 18.2 Å². The van der Waals surface area contributed by atoms with Crippen LogP contribution in [0, 0.1) is 18.6 Å². The Morgan fingerprint density at radius 1 is 1.17 bits per heavy atom. The summed E-state index contributed by atoms with van der Waals surface area (Å²) >= 11 is 0. The van der Waals surface area contributed by atoms with Gasteiger partial charge < -0.3 is 9.84 Å². The number of halogens is 2. The zero-order valence-corrected chi connectivity index (χ0v) is 9.78. The molecule has 0 aliphatic rings. The predicted molar refractivity (Wildman–Crippen MR) is 63.5 cm³/mol. The van der Waals surface area contributed by atoms with Gasteiger partial charge in [-0.3, -0.25) is 0 Å². The van der Waals surface area contributed by atoms with E-state index >= 15 is 0 Å². The van der Waals surface area contributed by atoms with E-state index in [0.29, 0.717) is 16.9 Å². The van der Waals surface area contributed by atoms with Gasteiger partial charge in [0.1, 0.15) is 11.6 Å². The lowest BCUT2D eigenvalue weighted by atomic mass is 10.2. The van der Waals surface area contributed by atoms with Gasteiger partial charge in [-0.15, -0.1) is 0 Å². The van der Waals surface area contributed by atoms with Crippen LogP contribution in [0.2, 0.25) is 0 Å². The summed E-state index contributed by atoms with van der Waals surface area (Å²) in [5.41, 5.74) is 0.904. The SMILES string of the molecule is Cc1cc(F)ccc1Oc1c(F)cccc1CO. The number of aliphatic hydroxyl groups is 1. The van der Waals surface area contributed by atoms with Crippen molar-refractivity contribution in [1.82, 2.24) is 0 Å². The van der Waals surface area contributed by atoms with Gasteiger partial charge in [-0.05, 0) is 36.8 Å². The molecule has 2 rings (SSSR count). The Kier molecular flexibility index (Phi) is 3.58. The molecule has 0 unspecified atom stereocenters. The number of benzene rings is 2. The molecule has 2 nitrogen and oxygen atoms in total. The van der Waals surface area contributed by atoms with Crippen molar-refractivity contribution in [3.63, 3.8) is 0 Å². The van der Waals surface area contributed by atoms with Gasteiger partial charge in [0, 0.05) is 5.56 Å². The number of aliphatic hydroxyl groups excluding tert-OH is 1. The number of aryl methyl sites for hydroxylation is 1. The van der Waals surface area contributed by atoms with E-state index in [0.717, 1.165) is 0 Å². The first kappa shape index (κ1) is 12.5. The highest BCUT2D eigenvalue weighted by Crippen LogP contribution is 2.30. The molecule has 0 amide bonds. The molecule has 0 radical (unpaired) electrons. The third-order valence-corrected chi connectivity index (χ3v) is 2.57. The largest absolute Gasteiger partial charge is 0.454 e. The molecule has 0 saturated carbocycles. The Labute approximate surface area is 103 Å². The van der Waals surface area contributed by atoms with E-state index in [4.69, 9.17) is 9.84 Å². The normalized spacial score (nSPS) is 10.4. The van der Waals surface area contributed by atoms with Crippen LogP contribution in [0.5, 0.6) is 11.5 Å². The third kappa shape index (κ3) is 2.49. The Morgan fingerprint density at radius 3 is 2.61 bits per heavy atom. The van der Waals surface area contributed by atoms with Crippen LogP contribution in [0.15, 0.2) is 36.4 Å². The van der Waals surface area contributed by atoms with Crippen molar-refractivity contribution in [2.24, 2.45) is 0 Å². The van der Waals surface area contributed by atoms with Crippen molar-refractivity contribution in [2.75, 3.05) is 0 Å². The summed E-state index contributed by atoms with van der Waals surface area (Å²) in [6.07, 6.45) is 0. The summed E-state index contributed by atoms with van der Waals surface area (Å²) in [6.45, 7) is 1.34. The van der Waals surface area contributed by atoms with E-state index in [1.54, 1.807) is 13.0 Å². The zero-order chi connectivity index (χ0) is 13.1. The maximum atomic E-state index is 13.6. The molecular weight excluding hydrogens is 238 g/mol. The average molecular weight is 250 g/mol.